The maximum absolute atomic E-state index is 12.2. The van der Waals surface area contributed by atoms with Crippen molar-refractivity contribution in [1.82, 2.24) is 15.7 Å². The van der Waals surface area contributed by atoms with E-state index < -0.39 is 22.3 Å². The van der Waals surface area contributed by atoms with Crippen molar-refractivity contribution >= 4 is 36.3 Å². The summed E-state index contributed by atoms with van der Waals surface area (Å²) in [6.45, 7) is 12.1. The minimum atomic E-state index is -0.615. The predicted molar refractivity (Wildman–Crippen MR) is 121 cm³/mol. The molecule has 10 heteroatoms. The van der Waals surface area contributed by atoms with Gasteiger partial charge in [0, 0.05) is 38.0 Å². The van der Waals surface area contributed by atoms with Crippen LogP contribution < -0.4 is 10.8 Å². The lowest BCUT2D eigenvalue weighted by molar-refractivity contribution is -0.138. The van der Waals surface area contributed by atoms with Gasteiger partial charge in [-0.2, -0.15) is 12.6 Å². The molecule has 3 N–H and O–H groups in total. The fourth-order valence-electron chi connectivity index (χ4n) is 2.74. The summed E-state index contributed by atoms with van der Waals surface area (Å²) in [7, 11) is 0. The van der Waals surface area contributed by atoms with Gasteiger partial charge in [-0.25, -0.2) is 5.48 Å². The summed E-state index contributed by atoms with van der Waals surface area (Å²) in [6, 6.07) is 0. The first kappa shape index (κ1) is 29.4. The molecule has 180 valence electrons. The molecule has 31 heavy (non-hydrogen) atoms. The van der Waals surface area contributed by atoms with Gasteiger partial charge in [-0.05, 0) is 40.5 Å². The molecular weight excluding hydrogens is 422 g/mol. The number of carbonyl (C=O) groups is 4. The topological polar surface area (TPSA) is 125 Å². The largest absolute Gasteiger partial charge is 0.375 e. The molecule has 0 saturated carbocycles. The van der Waals surface area contributed by atoms with Gasteiger partial charge in [0.05, 0.1) is 10.9 Å². The van der Waals surface area contributed by atoms with Crippen LogP contribution in [0.2, 0.25) is 0 Å². The Morgan fingerprint density at radius 3 is 2.19 bits per heavy atom. The van der Waals surface area contributed by atoms with Crippen molar-refractivity contribution in [3.63, 3.8) is 0 Å². The third kappa shape index (κ3) is 12.1. The second kappa shape index (κ2) is 13.7. The molecule has 0 aromatic rings. The average Bonchev–Trinajstić information content (AvgIpc) is 2.89. The molecule has 0 bridgehead atoms. The van der Waals surface area contributed by atoms with Gasteiger partial charge in [-0.15, -0.1) is 0 Å². The molecule has 4 amide bonds. The molecule has 0 aromatic carbocycles. The van der Waals surface area contributed by atoms with Crippen LogP contribution in [0.15, 0.2) is 0 Å². The Hall–Kier alpha value is -1.65. The monoisotopic (exact) mass is 461 g/mol. The summed E-state index contributed by atoms with van der Waals surface area (Å²) >= 11 is 4.05. The van der Waals surface area contributed by atoms with E-state index in [4.69, 9.17) is 9.94 Å². The number of likely N-dealkylation sites (tertiary alicyclic amines) is 1. The van der Waals surface area contributed by atoms with Crippen molar-refractivity contribution in [2.24, 2.45) is 0 Å². The van der Waals surface area contributed by atoms with E-state index in [1.54, 1.807) is 5.48 Å². The summed E-state index contributed by atoms with van der Waals surface area (Å²) < 4.78 is 5.80. The summed E-state index contributed by atoms with van der Waals surface area (Å²) in [5.41, 5.74) is 0.498. The Bertz CT molecular complexity index is 624. The fraction of sp³-hybridized carbons (Fsp3) is 0.810. The molecule has 1 rings (SSSR count). The summed E-state index contributed by atoms with van der Waals surface area (Å²) in [6.07, 6.45) is 2.47. The zero-order chi connectivity index (χ0) is 24.2. The third-order valence-corrected chi connectivity index (χ3v) is 4.96. The Kier molecular flexibility index (Phi) is 13.0. The predicted octanol–water partition coefficient (Wildman–Crippen LogP) is 2.22. The van der Waals surface area contributed by atoms with Crippen LogP contribution in [0, 0.1) is 0 Å². The molecule has 0 aliphatic carbocycles. The van der Waals surface area contributed by atoms with Crippen LogP contribution in [0.1, 0.15) is 80.1 Å². The number of carbonyl (C=O) groups excluding carboxylic acids is 4. The van der Waals surface area contributed by atoms with Crippen LogP contribution >= 0.6 is 12.6 Å². The van der Waals surface area contributed by atoms with Gasteiger partial charge < -0.3 is 10.1 Å². The standard InChI is InChI=1S/C18H31N3O6S.C3H8/c1-17(2,8-10-27-18(3,4)7-5-14(23)20-26)19-13(22)6-9-21-15(24)11-12(28)16(21)25;1-3-2/h12,26,28H,5-11H2,1-4H3,(H,19,22)(H,20,23);3H2,1-2H3. The molecule has 0 radical (unpaired) electrons. The summed E-state index contributed by atoms with van der Waals surface area (Å²) in [4.78, 5) is 47.9. The number of amides is 4. The van der Waals surface area contributed by atoms with Crippen molar-refractivity contribution in [3.8, 4) is 0 Å². The number of rotatable bonds is 11. The van der Waals surface area contributed by atoms with Gasteiger partial charge in [0.25, 0.3) is 0 Å². The van der Waals surface area contributed by atoms with E-state index in [2.05, 4.69) is 31.8 Å². The fourth-order valence-corrected chi connectivity index (χ4v) is 3.04. The molecule has 1 unspecified atom stereocenters. The van der Waals surface area contributed by atoms with Crippen LogP contribution in [-0.2, 0) is 23.9 Å². The molecule has 1 atom stereocenters. The number of imide groups is 1. The van der Waals surface area contributed by atoms with Gasteiger partial charge >= 0.3 is 0 Å². The lowest BCUT2D eigenvalue weighted by atomic mass is 9.99. The molecule has 1 aliphatic rings. The highest BCUT2D eigenvalue weighted by atomic mass is 32.1. The van der Waals surface area contributed by atoms with Gasteiger partial charge in [-0.3, -0.25) is 29.3 Å². The SMILES string of the molecule is CC(C)(CCOC(C)(C)CCC(=O)NO)NC(=O)CCN1C(=O)CC(S)C1=O.CCC. The van der Waals surface area contributed by atoms with Gasteiger partial charge in [0.1, 0.15) is 0 Å². The van der Waals surface area contributed by atoms with Crippen molar-refractivity contribution in [2.45, 2.75) is 96.5 Å². The van der Waals surface area contributed by atoms with Crippen molar-refractivity contribution in [3.05, 3.63) is 0 Å². The first-order valence-electron chi connectivity index (χ1n) is 10.7. The molecule has 1 saturated heterocycles. The van der Waals surface area contributed by atoms with Crippen LogP contribution in [0.25, 0.3) is 0 Å². The smallest absolute Gasteiger partial charge is 0.243 e. The minimum absolute atomic E-state index is 0.0318. The molecule has 0 spiro atoms. The Balaban J connectivity index is 0.00000282. The number of hydroxylamine groups is 1. The maximum Gasteiger partial charge on any atom is 0.243 e. The zero-order valence-corrected chi connectivity index (χ0v) is 20.5. The normalized spacial score (nSPS) is 16.6. The number of nitrogens with zero attached hydrogens (tertiary/aromatic N) is 1. The lowest BCUT2D eigenvalue weighted by Crippen LogP contribution is -2.46. The first-order chi connectivity index (χ1) is 14.3. The molecule has 0 aromatic heterocycles. The first-order valence-corrected chi connectivity index (χ1v) is 11.2. The number of ether oxygens (including phenoxy) is 1. The number of hydrogen-bond acceptors (Lipinski definition) is 7. The second-order valence-corrected chi connectivity index (χ2v) is 9.51. The molecule has 1 heterocycles. The average molecular weight is 462 g/mol. The van der Waals surface area contributed by atoms with Crippen molar-refractivity contribution < 1.29 is 29.1 Å². The van der Waals surface area contributed by atoms with Crippen LogP contribution in [-0.4, -0.2) is 63.3 Å². The summed E-state index contributed by atoms with van der Waals surface area (Å²) in [5, 5.41) is 10.8. The van der Waals surface area contributed by atoms with Gasteiger partial charge in [0.15, 0.2) is 0 Å². The van der Waals surface area contributed by atoms with E-state index >= 15 is 0 Å². The van der Waals surface area contributed by atoms with E-state index in [1.165, 1.54) is 6.42 Å². The second-order valence-electron chi connectivity index (χ2n) is 8.89. The number of nitrogens with one attached hydrogen (secondary N) is 2. The molecular formula is C21H39N3O6S. The van der Waals surface area contributed by atoms with E-state index in [0.717, 1.165) is 4.90 Å². The Morgan fingerprint density at radius 2 is 1.71 bits per heavy atom. The van der Waals surface area contributed by atoms with E-state index in [-0.39, 0.29) is 43.5 Å². The highest BCUT2D eigenvalue weighted by Gasteiger charge is 2.36. The van der Waals surface area contributed by atoms with Crippen LogP contribution in [0.4, 0.5) is 0 Å². The van der Waals surface area contributed by atoms with Crippen molar-refractivity contribution in [1.29, 1.82) is 0 Å². The highest BCUT2D eigenvalue weighted by molar-refractivity contribution is 7.81. The van der Waals surface area contributed by atoms with Gasteiger partial charge in [0.2, 0.25) is 23.6 Å². The Labute approximate surface area is 191 Å². The third-order valence-electron chi connectivity index (χ3n) is 4.56. The molecule has 1 aliphatic heterocycles. The van der Waals surface area contributed by atoms with Crippen molar-refractivity contribution in [2.75, 3.05) is 13.2 Å². The van der Waals surface area contributed by atoms with Crippen LogP contribution in [0.5, 0.6) is 0 Å². The number of hydrogen-bond donors (Lipinski definition) is 4. The quantitative estimate of drug-likeness (QED) is 0.162. The van der Waals surface area contributed by atoms with E-state index in [9.17, 15) is 19.2 Å². The van der Waals surface area contributed by atoms with E-state index in [0.29, 0.717) is 19.4 Å². The Morgan fingerprint density at radius 1 is 1.13 bits per heavy atom. The molecule has 9 nitrogen and oxygen atoms in total. The maximum atomic E-state index is 12.2. The van der Waals surface area contributed by atoms with E-state index in [1.807, 2.05) is 27.7 Å². The highest BCUT2D eigenvalue weighted by Crippen LogP contribution is 2.20. The summed E-state index contributed by atoms with van der Waals surface area (Å²) in [5.74, 6) is -1.39. The molecule has 1 fully saturated rings. The number of thiol groups is 1. The zero-order valence-electron chi connectivity index (χ0n) is 19.6. The lowest BCUT2D eigenvalue weighted by Gasteiger charge is -2.30. The minimum Gasteiger partial charge on any atom is -0.375 e. The van der Waals surface area contributed by atoms with Crippen LogP contribution in [0.3, 0.4) is 0 Å². The van der Waals surface area contributed by atoms with Gasteiger partial charge in [-0.1, -0.05) is 20.3 Å².